The Bertz CT molecular complexity index is 827. The molecular weight excluding hydrogens is 404 g/mol. The van der Waals surface area contributed by atoms with Gasteiger partial charge in [0.05, 0.1) is 18.3 Å². The Morgan fingerprint density at radius 1 is 1.34 bits per heavy atom. The summed E-state index contributed by atoms with van der Waals surface area (Å²) in [6.45, 7) is 13.9. The summed E-state index contributed by atoms with van der Waals surface area (Å²) in [4.78, 5) is 12.1. The summed E-state index contributed by atoms with van der Waals surface area (Å²) in [5.41, 5.74) is 3.84. The van der Waals surface area contributed by atoms with Gasteiger partial charge in [-0.3, -0.25) is 0 Å². The number of esters is 1. The van der Waals surface area contributed by atoms with Crippen molar-refractivity contribution in [2.75, 3.05) is 6.61 Å². The van der Waals surface area contributed by atoms with Crippen LogP contribution in [0.1, 0.15) is 73.1 Å². The van der Waals surface area contributed by atoms with Gasteiger partial charge in [0.1, 0.15) is 12.2 Å². The highest BCUT2D eigenvalue weighted by Crippen LogP contribution is 2.55. The van der Waals surface area contributed by atoms with Crippen LogP contribution in [0.25, 0.3) is 0 Å². The summed E-state index contributed by atoms with van der Waals surface area (Å²) >= 11 is 0. The Labute approximate surface area is 192 Å². The van der Waals surface area contributed by atoms with Crippen molar-refractivity contribution in [1.29, 1.82) is 0 Å². The second-order valence-corrected chi connectivity index (χ2v) is 10.8. The van der Waals surface area contributed by atoms with Crippen molar-refractivity contribution in [3.63, 3.8) is 0 Å². The van der Waals surface area contributed by atoms with E-state index in [4.69, 9.17) is 9.47 Å². The second-order valence-electron chi connectivity index (χ2n) is 10.8. The lowest BCUT2D eigenvalue weighted by atomic mass is 9.63. The Balaban J connectivity index is 1.69. The van der Waals surface area contributed by atoms with Gasteiger partial charge in [-0.1, -0.05) is 37.3 Å². The number of rotatable bonds is 5. The first-order valence-electron chi connectivity index (χ1n) is 11.9. The highest BCUT2D eigenvalue weighted by molar-refractivity contribution is 5.71. The van der Waals surface area contributed by atoms with Crippen LogP contribution in [0.15, 0.2) is 47.1 Å². The summed E-state index contributed by atoms with van der Waals surface area (Å²) in [5.74, 6) is 0.0694. The molecule has 0 spiro atoms. The zero-order chi connectivity index (χ0) is 23.7. The van der Waals surface area contributed by atoms with Gasteiger partial charge in [0.15, 0.2) is 0 Å². The van der Waals surface area contributed by atoms with E-state index in [1.165, 1.54) is 11.1 Å². The SMILES string of the molecule is C=C1/C(=C\C=C2/CCC[C@]3(C)C(C(C)OCC(=O)OC(C)(C)C)=CC[C@@H]23)C[C@@H](O)C[C@@H]1O. The average molecular weight is 445 g/mol. The van der Waals surface area contributed by atoms with Crippen molar-refractivity contribution >= 4 is 5.97 Å². The van der Waals surface area contributed by atoms with Crippen LogP contribution in [0.4, 0.5) is 0 Å². The molecule has 0 aromatic heterocycles. The Hall–Kier alpha value is -1.69. The zero-order valence-corrected chi connectivity index (χ0v) is 20.3. The topological polar surface area (TPSA) is 76.0 Å². The van der Waals surface area contributed by atoms with Gasteiger partial charge in [-0.05, 0) is 87.9 Å². The number of hydrogen-bond donors (Lipinski definition) is 2. The summed E-state index contributed by atoms with van der Waals surface area (Å²) in [6.07, 6.45) is 10.3. The van der Waals surface area contributed by atoms with Gasteiger partial charge in [-0.25, -0.2) is 4.79 Å². The third-order valence-corrected chi connectivity index (χ3v) is 7.18. The summed E-state index contributed by atoms with van der Waals surface area (Å²) in [5, 5.41) is 20.1. The van der Waals surface area contributed by atoms with E-state index in [-0.39, 0.29) is 24.1 Å². The number of fused-ring (bicyclic) bond motifs is 1. The standard InChI is InChI=1S/C27H40O5/c1-17-20(14-21(28)15-24(17)29)10-9-19-8-7-13-27(6)22(11-12-23(19)27)18(2)31-16-25(30)32-26(3,4)5/h9-11,18,21,23-24,28-29H,1,7-8,12-16H2,2-6H3/b19-9+,20-10-/t18?,21-,23+,24+,27-/m1/s1. The van der Waals surface area contributed by atoms with E-state index in [1.54, 1.807) is 0 Å². The zero-order valence-electron chi connectivity index (χ0n) is 20.3. The molecule has 0 aromatic rings. The van der Waals surface area contributed by atoms with E-state index in [9.17, 15) is 15.0 Å². The fourth-order valence-electron chi connectivity index (χ4n) is 5.60. The number of carbonyl (C=O) groups excluding carboxylic acids is 1. The van der Waals surface area contributed by atoms with Crippen molar-refractivity contribution in [1.82, 2.24) is 0 Å². The number of aliphatic hydroxyl groups is 2. The van der Waals surface area contributed by atoms with Crippen LogP contribution in [-0.4, -0.2) is 46.7 Å². The van der Waals surface area contributed by atoms with E-state index in [0.29, 0.717) is 18.8 Å². The molecule has 5 nitrogen and oxygen atoms in total. The van der Waals surface area contributed by atoms with Crippen LogP contribution in [-0.2, 0) is 14.3 Å². The van der Waals surface area contributed by atoms with Gasteiger partial charge in [-0.15, -0.1) is 0 Å². The van der Waals surface area contributed by atoms with Gasteiger partial charge >= 0.3 is 5.97 Å². The van der Waals surface area contributed by atoms with Crippen molar-refractivity contribution in [3.05, 3.63) is 47.1 Å². The maximum atomic E-state index is 12.1. The van der Waals surface area contributed by atoms with E-state index in [2.05, 4.69) is 31.7 Å². The number of carbonyl (C=O) groups is 1. The molecule has 5 heteroatoms. The lowest BCUT2D eigenvalue weighted by Crippen LogP contribution is -2.35. The molecule has 2 fully saturated rings. The fraction of sp³-hybridized carbons (Fsp3) is 0.667. The molecule has 0 heterocycles. The maximum Gasteiger partial charge on any atom is 0.332 e. The van der Waals surface area contributed by atoms with Crippen molar-refractivity contribution in [2.24, 2.45) is 11.3 Å². The molecule has 3 aliphatic rings. The van der Waals surface area contributed by atoms with Crippen molar-refractivity contribution in [3.8, 4) is 0 Å². The molecule has 5 atom stereocenters. The van der Waals surface area contributed by atoms with Gasteiger partial charge in [0.2, 0.25) is 0 Å². The second kappa shape index (κ2) is 9.66. The predicted octanol–water partition coefficient (Wildman–Crippen LogP) is 4.79. The third-order valence-electron chi connectivity index (χ3n) is 7.18. The largest absolute Gasteiger partial charge is 0.458 e. The lowest BCUT2D eigenvalue weighted by Gasteiger charge is -2.42. The molecule has 32 heavy (non-hydrogen) atoms. The molecule has 0 radical (unpaired) electrons. The molecule has 178 valence electrons. The highest BCUT2D eigenvalue weighted by Gasteiger charge is 2.46. The first-order chi connectivity index (χ1) is 14.9. The Morgan fingerprint density at radius 2 is 2.06 bits per heavy atom. The van der Waals surface area contributed by atoms with Crippen LogP contribution < -0.4 is 0 Å². The lowest BCUT2D eigenvalue weighted by molar-refractivity contribution is -0.161. The molecule has 1 unspecified atom stereocenters. The Morgan fingerprint density at radius 3 is 2.75 bits per heavy atom. The van der Waals surface area contributed by atoms with E-state index >= 15 is 0 Å². The first kappa shape index (κ1) is 24.9. The molecule has 2 N–H and O–H groups in total. The number of hydrogen-bond acceptors (Lipinski definition) is 5. The normalized spacial score (nSPS) is 34.4. The summed E-state index contributed by atoms with van der Waals surface area (Å²) in [6, 6.07) is 0. The minimum atomic E-state index is -0.664. The molecule has 0 amide bonds. The predicted molar refractivity (Wildman–Crippen MR) is 126 cm³/mol. The Kier molecular flexibility index (Phi) is 7.53. The molecule has 0 saturated heterocycles. The smallest absolute Gasteiger partial charge is 0.332 e. The van der Waals surface area contributed by atoms with Crippen LogP contribution in [0.2, 0.25) is 0 Å². The molecule has 3 aliphatic carbocycles. The number of aliphatic hydroxyl groups excluding tert-OH is 2. The van der Waals surface area contributed by atoms with Gasteiger partial charge in [0.25, 0.3) is 0 Å². The van der Waals surface area contributed by atoms with Gasteiger partial charge in [-0.2, -0.15) is 0 Å². The monoisotopic (exact) mass is 444 g/mol. The van der Waals surface area contributed by atoms with Crippen molar-refractivity contribution in [2.45, 2.75) is 97.1 Å². The molecule has 0 bridgehead atoms. The molecular formula is C27H40O5. The summed E-state index contributed by atoms with van der Waals surface area (Å²) in [7, 11) is 0. The molecule has 2 saturated carbocycles. The van der Waals surface area contributed by atoms with Crippen LogP contribution >= 0.6 is 0 Å². The number of ether oxygens (including phenoxy) is 2. The quantitative estimate of drug-likeness (QED) is 0.471. The minimum absolute atomic E-state index is 0.0124. The van der Waals surface area contributed by atoms with Crippen LogP contribution in [0.5, 0.6) is 0 Å². The van der Waals surface area contributed by atoms with Crippen molar-refractivity contribution < 1.29 is 24.5 Å². The van der Waals surface area contributed by atoms with Crippen LogP contribution in [0.3, 0.4) is 0 Å². The van der Waals surface area contributed by atoms with Gasteiger partial charge in [0, 0.05) is 6.42 Å². The third kappa shape index (κ3) is 5.62. The summed E-state index contributed by atoms with van der Waals surface area (Å²) < 4.78 is 11.3. The molecule has 0 aliphatic heterocycles. The van der Waals surface area contributed by atoms with Gasteiger partial charge < -0.3 is 19.7 Å². The van der Waals surface area contributed by atoms with E-state index in [0.717, 1.165) is 36.8 Å². The minimum Gasteiger partial charge on any atom is -0.458 e. The average Bonchev–Trinajstić information content (AvgIpc) is 3.04. The van der Waals surface area contributed by atoms with E-state index < -0.39 is 17.8 Å². The highest BCUT2D eigenvalue weighted by atomic mass is 16.6. The van der Waals surface area contributed by atoms with Crippen LogP contribution in [0, 0.1) is 11.3 Å². The van der Waals surface area contributed by atoms with E-state index in [1.807, 2.05) is 27.7 Å². The first-order valence-corrected chi connectivity index (χ1v) is 11.9. The molecule has 0 aromatic carbocycles. The molecule has 3 rings (SSSR count). The maximum absolute atomic E-state index is 12.1. The number of allylic oxidation sites excluding steroid dienone is 4. The fourth-order valence-corrected chi connectivity index (χ4v) is 5.60.